The molecule has 0 aliphatic carbocycles. The van der Waals surface area contributed by atoms with Gasteiger partial charge in [0.15, 0.2) is 0 Å². The molecule has 1 aliphatic rings. The van der Waals surface area contributed by atoms with Gasteiger partial charge in [-0.15, -0.1) is 24.8 Å². The number of nitrogens with zero attached hydrogens (tertiary/aromatic N) is 1. The number of halogens is 5. The highest BCUT2D eigenvalue weighted by Gasteiger charge is 2.45. The maximum atomic E-state index is 13.4. The summed E-state index contributed by atoms with van der Waals surface area (Å²) in [5.74, 6) is 0.0648. The van der Waals surface area contributed by atoms with Crippen molar-refractivity contribution in [1.29, 1.82) is 0 Å². The highest BCUT2D eigenvalue weighted by Crippen LogP contribution is 2.39. The molecule has 1 aromatic rings. The monoisotopic (exact) mass is 360 g/mol. The van der Waals surface area contributed by atoms with Gasteiger partial charge in [-0.05, 0) is 30.5 Å². The summed E-state index contributed by atoms with van der Waals surface area (Å²) < 4.78 is 40.3. The molecule has 8 heteroatoms. The van der Waals surface area contributed by atoms with E-state index in [4.69, 9.17) is 0 Å². The molecule has 0 amide bonds. The van der Waals surface area contributed by atoms with Crippen LogP contribution >= 0.6 is 24.8 Å². The standard InChI is InChI=1S/C14H19F3N2O.2ClH/c1-9-7-11(8-10(2)12(9)20)13(14(15,16)17)19-5-3-18-4-6-19;;/h7-8,13,18,20H,3-6H2,1-2H3;2*1H/t13-;;/m1../s1. The number of hydrogen-bond acceptors (Lipinski definition) is 3. The molecule has 128 valence electrons. The first-order valence-electron chi connectivity index (χ1n) is 6.62. The summed E-state index contributed by atoms with van der Waals surface area (Å²) in [7, 11) is 0. The minimum Gasteiger partial charge on any atom is -0.507 e. The predicted molar refractivity (Wildman–Crippen MR) is 85.3 cm³/mol. The van der Waals surface area contributed by atoms with Gasteiger partial charge in [0.25, 0.3) is 0 Å². The maximum absolute atomic E-state index is 13.4. The van der Waals surface area contributed by atoms with E-state index in [2.05, 4.69) is 5.32 Å². The second kappa shape index (κ2) is 8.24. The molecule has 22 heavy (non-hydrogen) atoms. The van der Waals surface area contributed by atoms with Crippen LogP contribution in [0, 0.1) is 13.8 Å². The third-order valence-corrected chi connectivity index (χ3v) is 3.66. The van der Waals surface area contributed by atoms with Gasteiger partial charge < -0.3 is 10.4 Å². The molecule has 0 radical (unpaired) electrons. The number of alkyl halides is 3. The second-order valence-electron chi connectivity index (χ2n) is 5.23. The molecule has 3 nitrogen and oxygen atoms in total. The molecule has 0 saturated carbocycles. The van der Waals surface area contributed by atoms with Crippen molar-refractivity contribution in [3.8, 4) is 5.75 Å². The Labute approximate surface area is 140 Å². The molecule has 0 bridgehead atoms. The number of piperazine rings is 1. The van der Waals surface area contributed by atoms with Crippen molar-refractivity contribution >= 4 is 24.8 Å². The van der Waals surface area contributed by atoms with Gasteiger partial charge in [0.05, 0.1) is 0 Å². The fourth-order valence-corrected chi connectivity index (χ4v) is 2.69. The van der Waals surface area contributed by atoms with Gasteiger partial charge in [-0.25, -0.2) is 0 Å². The molecular weight excluding hydrogens is 340 g/mol. The Morgan fingerprint density at radius 2 is 1.55 bits per heavy atom. The molecule has 0 unspecified atom stereocenters. The number of aromatic hydroxyl groups is 1. The molecule has 1 atom stereocenters. The van der Waals surface area contributed by atoms with E-state index in [0.717, 1.165) is 0 Å². The van der Waals surface area contributed by atoms with Crippen LogP contribution in [0.5, 0.6) is 5.75 Å². The number of nitrogens with one attached hydrogen (secondary N) is 1. The number of rotatable bonds is 2. The average molecular weight is 361 g/mol. The van der Waals surface area contributed by atoms with E-state index in [1.165, 1.54) is 17.0 Å². The van der Waals surface area contributed by atoms with Crippen molar-refractivity contribution in [1.82, 2.24) is 10.2 Å². The number of phenols is 1. The van der Waals surface area contributed by atoms with Crippen molar-refractivity contribution in [2.75, 3.05) is 26.2 Å². The van der Waals surface area contributed by atoms with Crippen molar-refractivity contribution < 1.29 is 18.3 Å². The number of benzene rings is 1. The van der Waals surface area contributed by atoms with Crippen LogP contribution in [-0.2, 0) is 0 Å². The van der Waals surface area contributed by atoms with Gasteiger partial charge in [0, 0.05) is 26.2 Å². The van der Waals surface area contributed by atoms with Crippen molar-refractivity contribution in [3.05, 3.63) is 28.8 Å². The lowest BCUT2D eigenvalue weighted by molar-refractivity contribution is -0.187. The van der Waals surface area contributed by atoms with Gasteiger partial charge in [-0.2, -0.15) is 13.2 Å². The number of phenolic OH excluding ortho intramolecular Hbond substituents is 1. The molecule has 1 aliphatic heterocycles. The minimum atomic E-state index is -4.33. The first-order chi connectivity index (χ1) is 9.30. The highest BCUT2D eigenvalue weighted by molar-refractivity contribution is 5.85. The van der Waals surface area contributed by atoms with Crippen LogP contribution in [0.3, 0.4) is 0 Å². The van der Waals surface area contributed by atoms with Crippen molar-refractivity contribution in [3.63, 3.8) is 0 Å². The van der Waals surface area contributed by atoms with Crippen LogP contribution < -0.4 is 5.32 Å². The normalized spacial score (nSPS) is 17.3. The van der Waals surface area contributed by atoms with Crippen molar-refractivity contribution in [2.24, 2.45) is 0 Å². The molecule has 2 N–H and O–H groups in total. The Hall–Kier alpha value is -0.690. The Kier molecular flexibility index (Phi) is 7.98. The fourth-order valence-electron chi connectivity index (χ4n) is 2.69. The van der Waals surface area contributed by atoms with E-state index >= 15 is 0 Å². The van der Waals surface area contributed by atoms with E-state index in [-0.39, 0.29) is 36.1 Å². The number of hydrogen-bond donors (Lipinski definition) is 2. The van der Waals surface area contributed by atoms with E-state index < -0.39 is 12.2 Å². The third kappa shape index (κ3) is 4.65. The van der Waals surface area contributed by atoms with Crippen LogP contribution in [-0.4, -0.2) is 42.4 Å². The Balaban J connectivity index is 0.00000220. The molecule has 1 saturated heterocycles. The number of aryl methyl sites for hydroxylation is 2. The fraction of sp³-hybridized carbons (Fsp3) is 0.571. The minimum absolute atomic E-state index is 0. The van der Waals surface area contributed by atoms with Gasteiger partial charge >= 0.3 is 6.18 Å². The summed E-state index contributed by atoms with van der Waals surface area (Å²) in [5.41, 5.74) is 1.15. The molecule has 1 fully saturated rings. The molecule has 1 heterocycles. The molecular formula is C14H21Cl2F3N2O. The summed E-state index contributed by atoms with van der Waals surface area (Å²) in [6.07, 6.45) is -4.33. The molecule has 1 aromatic carbocycles. The summed E-state index contributed by atoms with van der Waals surface area (Å²) in [6, 6.07) is 1.26. The quantitative estimate of drug-likeness (QED) is 0.848. The van der Waals surface area contributed by atoms with E-state index in [1.54, 1.807) is 13.8 Å². The summed E-state index contributed by atoms with van der Waals surface area (Å²) in [6.45, 7) is 5.09. The largest absolute Gasteiger partial charge is 0.507 e. The van der Waals surface area contributed by atoms with Crippen LogP contribution in [0.2, 0.25) is 0 Å². The van der Waals surface area contributed by atoms with Crippen LogP contribution in [0.15, 0.2) is 12.1 Å². The lowest BCUT2D eigenvalue weighted by atomic mass is 9.98. The van der Waals surface area contributed by atoms with E-state index in [9.17, 15) is 18.3 Å². The summed E-state index contributed by atoms with van der Waals surface area (Å²) >= 11 is 0. The Morgan fingerprint density at radius 3 is 1.95 bits per heavy atom. The highest BCUT2D eigenvalue weighted by atomic mass is 35.5. The van der Waals surface area contributed by atoms with Crippen LogP contribution in [0.25, 0.3) is 0 Å². The zero-order valence-electron chi connectivity index (χ0n) is 12.4. The smallest absolute Gasteiger partial charge is 0.408 e. The average Bonchev–Trinajstić information content (AvgIpc) is 2.35. The lowest BCUT2D eigenvalue weighted by Gasteiger charge is -2.36. The third-order valence-electron chi connectivity index (χ3n) is 3.66. The zero-order valence-corrected chi connectivity index (χ0v) is 14.0. The van der Waals surface area contributed by atoms with E-state index in [0.29, 0.717) is 37.3 Å². The first kappa shape index (κ1) is 21.3. The summed E-state index contributed by atoms with van der Waals surface area (Å²) in [5, 5.41) is 12.8. The molecule has 2 rings (SSSR count). The van der Waals surface area contributed by atoms with Gasteiger partial charge in [0.2, 0.25) is 0 Å². The molecule has 0 spiro atoms. The van der Waals surface area contributed by atoms with Crippen LogP contribution in [0.4, 0.5) is 13.2 Å². The van der Waals surface area contributed by atoms with Crippen LogP contribution in [0.1, 0.15) is 22.7 Å². The zero-order chi connectivity index (χ0) is 14.9. The van der Waals surface area contributed by atoms with Crippen molar-refractivity contribution in [2.45, 2.75) is 26.1 Å². The lowest BCUT2D eigenvalue weighted by Crippen LogP contribution is -2.49. The van der Waals surface area contributed by atoms with Gasteiger partial charge in [0.1, 0.15) is 11.8 Å². The first-order valence-corrected chi connectivity index (χ1v) is 6.62. The Morgan fingerprint density at radius 1 is 1.09 bits per heavy atom. The molecule has 0 aromatic heterocycles. The van der Waals surface area contributed by atoms with Gasteiger partial charge in [-0.3, -0.25) is 4.90 Å². The van der Waals surface area contributed by atoms with E-state index in [1.807, 2.05) is 0 Å². The Bertz CT molecular complexity index is 468. The topological polar surface area (TPSA) is 35.5 Å². The predicted octanol–water partition coefficient (Wildman–Crippen LogP) is 3.36. The maximum Gasteiger partial charge on any atom is 0.408 e. The SMILES string of the molecule is Cc1cc([C@@H](N2CCNCC2)C(F)(F)F)cc(C)c1O.Cl.Cl. The summed E-state index contributed by atoms with van der Waals surface area (Å²) in [4.78, 5) is 1.45. The van der Waals surface area contributed by atoms with Gasteiger partial charge in [-0.1, -0.05) is 12.1 Å². The second-order valence-corrected chi connectivity index (χ2v) is 5.23.